The van der Waals surface area contributed by atoms with Crippen molar-refractivity contribution in [1.29, 1.82) is 0 Å². The largest absolute Gasteiger partial charge is 0.325 e. The van der Waals surface area contributed by atoms with Gasteiger partial charge in [-0.3, -0.25) is 9.59 Å². The number of carbonyl (C=O) groups is 2. The second kappa shape index (κ2) is 5.13. The van der Waals surface area contributed by atoms with Crippen molar-refractivity contribution in [2.45, 2.75) is 34.6 Å². The fraction of sp³-hybridized carbons (Fsp3) is 0.429. The van der Waals surface area contributed by atoms with Crippen LogP contribution < -0.4 is 5.32 Å². The number of ketones is 1. The van der Waals surface area contributed by atoms with Gasteiger partial charge in [-0.25, -0.2) is 0 Å². The van der Waals surface area contributed by atoms with Crippen molar-refractivity contribution in [1.82, 2.24) is 0 Å². The smallest absolute Gasteiger partial charge is 0.226 e. The van der Waals surface area contributed by atoms with Crippen molar-refractivity contribution >= 4 is 17.4 Å². The molecule has 0 atom stereocenters. The molecule has 0 unspecified atom stereocenters. The lowest BCUT2D eigenvalue weighted by Crippen LogP contribution is -2.20. The molecular formula is C14H19NO2. The number of rotatable bonds is 3. The summed E-state index contributed by atoms with van der Waals surface area (Å²) >= 11 is 0. The fourth-order valence-electron chi connectivity index (χ4n) is 1.68. The molecule has 0 aromatic heterocycles. The van der Waals surface area contributed by atoms with E-state index < -0.39 is 0 Å². The van der Waals surface area contributed by atoms with Crippen LogP contribution in [0.15, 0.2) is 12.1 Å². The van der Waals surface area contributed by atoms with Crippen LogP contribution in [0.25, 0.3) is 0 Å². The molecule has 1 rings (SSSR count). The fourth-order valence-corrected chi connectivity index (χ4v) is 1.68. The number of benzene rings is 1. The van der Waals surface area contributed by atoms with Gasteiger partial charge in [0.05, 0.1) is 5.69 Å². The SMILES string of the molecule is CC(=O)c1cc(C)cc(C)c1NC(=O)C(C)C. The topological polar surface area (TPSA) is 46.2 Å². The van der Waals surface area contributed by atoms with Crippen molar-refractivity contribution in [3.8, 4) is 0 Å². The molecule has 3 heteroatoms. The van der Waals surface area contributed by atoms with Gasteiger partial charge in [0, 0.05) is 11.5 Å². The lowest BCUT2D eigenvalue weighted by atomic mass is 10.0. The monoisotopic (exact) mass is 233 g/mol. The summed E-state index contributed by atoms with van der Waals surface area (Å²) in [4.78, 5) is 23.3. The minimum atomic E-state index is -0.101. The first-order valence-corrected chi connectivity index (χ1v) is 5.76. The van der Waals surface area contributed by atoms with Gasteiger partial charge in [-0.15, -0.1) is 0 Å². The van der Waals surface area contributed by atoms with Gasteiger partial charge in [-0.05, 0) is 38.0 Å². The summed E-state index contributed by atoms with van der Waals surface area (Å²) in [5.74, 6) is -0.203. The second-order valence-corrected chi connectivity index (χ2v) is 4.70. The summed E-state index contributed by atoms with van der Waals surface area (Å²) in [6.07, 6.45) is 0. The number of hydrogen-bond acceptors (Lipinski definition) is 2. The van der Waals surface area contributed by atoms with E-state index in [9.17, 15) is 9.59 Å². The highest BCUT2D eigenvalue weighted by Crippen LogP contribution is 2.23. The van der Waals surface area contributed by atoms with E-state index in [0.717, 1.165) is 11.1 Å². The summed E-state index contributed by atoms with van der Waals surface area (Å²) in [5.41, 5.74) is 3.16. The van der Waals surface area contributed by atoms with Gasteiger partial charge < -0.3 is 5.32 Å². The zero-order valence-corrected chi connectivity index (χ0v) is 11.0. The maximum atomic E-state index is 11.7. The average molecular weight is 233 g/mol. The zero-order chi connectivity index (χ0) is 13.2. The van der Waals surface area contributed by atoms with Crippen molar-refractivity contribution in [2.24, 2.45) is 5.92 Å². The van der Waals surface area contributed by atoms with Gasteiger partial charge in [0.2, 0.25) is 5.91 Å². The van der Waals surface area contributed by atoms with Gasteiger partial charge in [0.25, 0.3) is 0 Å². The van der Waals surface area contributed by atoms with Crippen LogP contribution in [0.1, 0.15) is 42.3 Å². The lowest BCUT2D eigenvalue weighted by Gasteiger charge is -2.14. The maximum absolute atomic E-state index is 11.7. The molecule has 1 aromatic carbocycles. The molecule has 0 saturated heterocycles. The molecule has 0 spiro atoms. The molecule has 1 N–H and O–H groups in total. The van der Waals surface area contributed by atoms with E-state index in [1.165, 1.54) is 6.92 Å². The van der Waals surface area contributed by atoms with Crippen LogP contribution in [0.3, 0.4) is 0 Å². The molecule has 0 radical (unpaired) electrons. The number of aryl methyl sites for hydroxylation is 2. The number of hydrogen-bond donors (Lipinski definition) is 1. The molecule has 1 amide bonds. The Morgan fingerprint density at radius 2 is 1.76 bits per heavy atom. The molecule has 92 valence electrons. The normalized spacial score (nSPS) is 10.5. The maximum Gasteiger partial charge on any atom is 0.226 e. The van der Waals surface area contributed by atoms with E-state index in [4.69, 9.17) is 0 Å². The number of carbonyl (C=O) groups excluding carboxylic acids is 2. The third kappa shape index (κ3) is 3.16. The first-order chi connectivity index (χ1) is 7.82. The number of nitrogens with one attached hydrogen (secondary N) is 1. The zero-order valence-electron chi connectivity index (χ0n) is 11.0. The quantitative estimate of drug-likeness (QED) is 0.815. The van der Waals surface area contributed by atoms with Gasteiger partial charge in [-0.2, -0.15) is 0 Å². The predicted molar refractivity (Wildman–Crippen MR) is 69.4 cm³/mol. The van der Waals surface area contributed by atoms with Crippen LogP contribution in [0.4, 0.5) is 5.69 Å². The Hall–Kier alpha value is -1.64. The van der Waals surface area contributed by atoms with E-state index in [1.807, 2.05) is 39.8 Å². The highest BCUT2D eigenvalue weighted by Gasteiger charge is 2.15. The van der Waals surface area contributed by atoms with E-state index in [-0.39, 0.29) is 17.6 Å². The molecule has 3 nitrogen and oxygen atoms in total. The van der Waals surface area contributed by atoms with Gasteiger partial charge in [-0.1, -0.05) is 19.9 Å². The second-order valence-electron chi connectivity index (χ2n) is 4.70. The Bertz CT molecular complexity index is 462. The Balaban J connectivity index is 3.22. The van der Waals surface area contributed by atoms with E-state index in [0.29, 0.717) is 11.3 Å². The molecule has 0 saturated carbocycles. The number of Topliss-reactive ketones (excluding diaryl/α,β-unsaturated/α-hetero) is 1. The van der Waals surface area contributed by atoms with Crippen molar-refractivity contribution < 1.29 is 9.59 Å². The summed E-state index contributed by atoms with van der Waals surface area (Å²) in [6, 6.07) is 3.77. The Labute approximate surface area is 102 Å². The summed E-state index contributed by atoms with van der Waals surface area (Å²) < 4.78 is 0. The highest BCUT2D eigenvalue weighted by molar-refractivity contribution is 6.05. The molecule has 0 bridgehead atoms. The number of amides is 1. The minimum absolute atomic E-state index is 0.0316. The molecular weight excluding hydrogens is 214 g/mol. The van der Waals surface area contributed by atoms with Crippen molar-refractivity contribution in [3.05, 3.63) is 28.8 Å². The van der Waals surface area contributed by atoms with Crippen LogP contribution in [-0.4, -0.2) is 11.7 Å². The molecule has 0 aliphatic rings. The Kier molecular flexibility index (Phi) is 4.05. The van der Waals surface area contributed by atoms with E-state index >= 15 is 0 Å². The van der Waals surface area contributed by atoms with Crippen LogP contribution in [-0.2, 0) is 4.79 Å². The number of anilines is 1. The van der Waals surface area contributed by atoms with Gasteiger partial charge in [0.1, 0.15) is 0 Å². The molecule has 17 heavy (non-hydrogen) atoms. The van der Waals surface area contributed by atoms with Gasteiger partial charge >= 0.3 is 0 Å². The Morgan fingerprint density at radius 3 is 2.24 bits per heavy atom. The van der Waals surface area contributed by atoms with Crippen LogP contribution in [0.5, 0.6) is 0 Å². The third-order valence-corrected chi connectivity index (χ3v) is 2.63. The standard InChI is InChI=1S/C14H19NO2/c1-8(2)14(17)15-13-10(4)6-9(3)7-12(13)11(5)16/h6-8H,1-5H3,(H,15,17). The average Bonchev–Trinajstić information content (AvgIpc) is 2.20. The van der Waals surface area contributed by atoms with Gasteiger partial charge in [0.15, 0.2) is 5.78 Å². The van der Waals surface area contributed by atoms with Crippen LogP contribution in [0.2, 0.25) is 0 Å². The van der Waals surface area contributed by atoms with Crippen molar-refractivity contribution in [3.63, 3.8) is 0 Å². The summed E-state index contributed by atoms with van der Waals surface area (Å²) in [6.45, 7) is 9.00. The van der Waals surface area contributed by atoms with Crippen molar-refractivity contribution in [2.75, 3.05) is 5.32 Å². The molecule has 0 fully saturated rings. The van der Waals surface area contributed by atoms with Crippen LogP contribution in [0, 0.1) is 19.8 Å². The van der Waals surface area contributed by atoms with Crippen LogP contribution >= 0.6 is 0 Å². The minimum Gasteiger partial charge on any atom is -0.325 e. The van der Waals surface area contributed by atoms with E-state index in [1.54, 1.807) is 0 Å². The Morgan fingerprint density at radius 1 is 1.18 bits per heavy atom. The third-order valence-electron chi connectivity index (χ3n) is 2.63. The first-order valence-electron chi connectivity index (χ1n) is 5.76. The highest BCUT2D eigenvalue weighted by atomic mass is 16.2. The predicted octanol–water partition coefficient (Wildman–Crippen LogP) is 3.10. The molecule has 0 aliphatic carbocycles. The molecule has 0 aliphatic heterocycles. The summed E-state index contributed by atoms with van der Waals surface area (Å²) in [7, 11) is 0. The molecule has 0 heterocycles. The first kappa shape index (κ1) is 13.4. The molecule has 1 aromatic rings. The van der Waals surface area contributed by atoms with E-state index in [2.05, 4.69) is 5.32 Å². The summed E-state index contributed by atoms with van der Waals surface area (Å²) in [5, 5.41) is 2.83. The lowest BCUT2D eigenvalue weighted by molar-refractivity contribution is -0.118.